The summed E-state index contributed by atoms with van der Waals surface area (Å²) in [6.07, 6.45) is 8.36. The van der Waals surface area contributed by atoms with Gasteiger partial charge >= 0.3 is 0 Å². The zero-order valence-corrected chi connectivity index (χ0v) is 17.0. The van der Waals surface area contributed by atoms with Crippen molar-refractivity contribution in [2.75, 3.05) is 7.11 Å². The van der Waals surface area contributed by atoms with Crippen molar-refractivity contribution < 1.29 is 4.74 Å². The summed E-state index contributed by atoms with van der Waals surface area (Å²) in [5, 5.41) is 0. The van der Waals surface area contributed by atoms with Gasteiger partial charge in [-0.15, -0.1) is 0 Å². The maximum absolute atomic E-state index is 5.77. The number of benzene rings is 2. The van der Waals surface area contributed by atoms with E-state index in [9.17, 15) is 0 Å². The van der Waals surface area contributed by atoms with E-state index in [0.29, 0.717) is 0 Å². The molecule has 3 rings (SSSR count). The summed E-state index contributed by atoms with van der Waals surface area (Å²) in [5.74, 6) is 0.830. The number of hydrogen-bond donors (Lipinski definition) is 0. The molecular formula is C26H27NO. The molecule has 0 atom stereocenters. The standard InChI is InChI=1S/C26H27NO/c1-26(2,3)25-24(28-4)22(17-15-20-11-7-5-8-12-20)19-23(27-25)18-16-21-13-9-6-10-14-21/h5-19H,1-4H3/b17-15+,18-16+. The van der Waals surface area contributed by atoms with Crippen molar-refractivity contribution in [1.82, 2.24) is 4.98 Å². The summed E-state index contributed by atoms with van der Waals surface area (Å²) in [4.78, 5) is 4.90. The Morgan fingerprint density at radius 2 is 1.29 bits per heavy atom. The van der Waals surface area contributed by atoms with Crippen molar-refractivity contribution in [2.45, 2.75) is 26.2 Å². The zero-order chi connectivity index (χ0) is 20.0. The molecule has 2 heteroatoms. The number of methoxy groups -OCH3 is 1. The van der Waals surface area contributed by atoms with Crippen LogP contribution in [-0.2, 0) is 5.41 Å². The first kappa shape index (κ1) is 19.6. The molecule has 0 bridgehead atoms. The molecule has 1 aromatic heterocycles. The summed E-state index contributed by atoms with van der Waals surface area (Å²) >= 11 is 0. The van der Waals surface area contributed by atoms with Gasteiger partial charge in [-0.2, -0.15) is 0 Å². The van der Waals surface area contributed by atoms with Gasteiger partial charge in [0.1, 0.15) is 5.75 Å². The molecule has 0 radical (unpaired) electrons. The highest BCUT2D eigenvalue weighted by molar-refractivity contribution is 5.76. The van der Waals surface area contributed by atoms with Crippen LogP contribution < -0.4 is 4.74 Å². The van der Waals surface area contributed by atoms with Crippen molar-refractivity contribution in [1.29, 1.82) is 0 Å². The third-order valence-corrected chi connectivity index (χ3v) is 4.44. The molecule has 1 heterocycles. The molecule has 0 spiro atoms. The Morgan fingerprint density at radius 1 is 0.750 bits per heavy atom. The summed E-state index contributed by atoms with van der Waals surface area (Å²) < 4.78 is 5.77. The first-order chi connectivity index (χ1) is 13.5. The fourth-order valence-electron chi connectivity index (χ4n) is 3.00. The number of aromatic nitrogens is 1. The molecular weight excluding hydrogens is 342 g/mol. The average molecular weight is 370 g/mol. The van der Waals surface area contributed by atoms with Crippen LogP contribution in [0, 0.1) is 0 Å². The number of nitrogens with zero attached hydrogens (tertiary/aromatic N) is 1. The Morgan fingerprint density at radius 3 is 1.79 bits per heavy atom. The highest BCUT2D eigenvalue weighted by Gasteiger charge is 2.23. The van der Waals surface area contributed by atoms with Gasteiger partial charge in [-0.1, -0.05) is 99.7 Å². The highest BCUT2D eigenvalue weighted by Crippen LogP contribution is 2.34. The van der Waals surface area contributed by atoms with Crippen LogP contribution >= 0.6 is 0 Å². The molecule has 0 N–H and O–H groups in total. The maximum Gasteiger partial charge on any atom is 0.148 e. The van der Waals surface area contributed by atoms with Gasteiger partial charge < -0.3 is 4.74 Å². The molecule has 0 fully saturated rings. The van der Waals surface area contributed by atoms with Gasteiger partial charge in [0.25, 0.3) is 0 Å². The Balaban J connectivity index is 2.06. The molecule has 0 aliphatic carbocycles. The molecule has 0 saturated heterocycles. The summed E-state index contributed by atoms with van der Waals surface area (Å²) in [5.41, 5.74) is 5.08. The van der Waals surface area contributed by atoms with Crippen LogP contribution in [-0.4, -0.2) is 12.1 Å². The van der Waals surface area contributed by atoms with E-state index >= 15 is 0 Å². The molecule has 0 aliphatic heterocycles. The van der Waals surface area contributed by atoms with Crippen LogP contribution in [0.1, 0.15) is 48.8 Å². The van der Waals surface area contributed by atoms with Crippen LogP contribution in [0.4, 0.5) is 0 Å². The number of ether oxygens (including phenoxy) is 1. The predicted molar refractivity (Wildman–Crippen MR) is 120 cm³/mol. The summed E-state index contributed by atoms with van der Waals surface area (Å²) in [6, 6.07) is 22.6. The van der Waals surface area contributed by atoms with Gasteiger partial charge in [0.15, 0.2) is 0 Å². The first-order valence-electron chi connectivity index (χ1n) is 9.53. The van der Waals surface area contributed by atoms with Crippen molar-refractivity contribution in [2.24, 2.45) is 0 Å². The predicted octanol–water partition coefficient (Wildman–Crippen LogP) is 6.73. The van der Waals surface area contributed by atoms with E-state index in [1.807, 2.05) is 36.4 Å². The van der Waals surface area contributed by atoms with E-state index in [1.54, 1.807) is 7.11 Å². The maximum atomic E-state index is 5.77. The summed E-state index contributed by atoms with van der Waals surface area (Å²) in [6.45, 7) is 6.48. The van der Waals surface area contributed by atoms with E-state index in [1.165, 1.54) is 0 Å². The number of pyridine rings is 1. The molecule has 142 valence electrons. The summed E-state index contributed by atoms with van der Waals surface area (Å²) in [7, 11) is 1.71. The molecule has 2 nitrogen and oxygen atoms in total. The third kappa shape index (κ3) is 4.98. The fourth-order valence-corrected chi connectivity index (χ4v) is 3.00. The lowest BCUT2D eigenvalue weighted by molar-refractivity contribution is 0.391. The second kappa shape index (κ2) is 8.71. The van der Waals surface area contributed by atoms with Crippen LogP contribution in [0.3, 0.4) is 0 Å². The fraction of sp³-hybridized carbons (Fsp3) is 0.192. The van der Waals surface area contributed by atoms with Crippen LogP contribution in [0.25, 0.3) is 24.3 Å². The monoisotopic (exact) mass is 369 g/mol. The van der Waals surface area contributed by atoms with Crippen molar-refractivity contribution in [3.63, 3.8) is 0 Å². The molecule has 3 aromatic rings. The minimum Gasteiger partial charge on any atom is -0.494 e. The Labute approximate surface area is 168 Å². The van der Waals surface area contributed by atoms with E-state index in [2.05, 4.69) is 75.4 Å². The second-order valence-corrected chi connectivity index (χ2v) is 7.76. The van der Waals surface area contributed by atoms with Gasteiger partial charge in [0, 0.05) is 11.0 Å². The van der Waals surface area contributed by atoms with Crippen molar-refractivity contribution in [3.8, 4) is 5.75 Å². The van der Waals surface area contributed by atoms with E-state index in [4.69, 9.17) is 9.72 Å². The highest BCUT2D eigenvalue weighted by atomic mass is 16.5. The molecule has 28 heavy (non-hydrogen) atoms. The second-order valence-electron chi connectivity index (χ2n) is 7.76. The largest absolute Gasteiger partial charge is 0.494 e. The third-order valence-electron chi connectivity index (χ3n) is 4.44. The number of rotatable bonds is 5. The number of hydrogen-bond acceptors (Lipinski definition) is 2. The van der Waals surface area contributed by atoms with E-state index in [0.717, 1.165) is 33.8 Å². The average Bonchev–Trinajstić information content (AvgIpc) is 2.71. The van der Waals surface area contributed by atoms with Gasteiger partial charge in [-0.25, -0.2) is 4.98 Å². The molecule has 2 aromatic carbocycles. The lowest BCUT2D eigenvalue weighted by Gasteiger charge is -2.22. The van der Waals surface area contributed by atoms with Crippen molar-refractivity contribution in [3.05, 3.63) is 94.8 Å². The van der Waals surface area contributed by atoms with Crippen LogP contribution in [0.5, 0.6) is 5.75 Å². The molecule has 0 saturated carbocycles. The smallest absolute Gasteiger partial charge is 0.148 e. The van der Waals surface area contributed by atoms with Crippen LogP contribution in [0.2, 0.25) is 0 Å². The van der Waals surface area contributed by atoms with Gasteiger partial charge in [0.05, 0.1) is 18.5 Å². The van der Waals surface area contributed by atoms with Crippen LogP contribution in [0.15, 0.2) is 66.7 Å². The normalized spacial score (nSPS) is 12.0. The van der Waals surface area contributed by atoms with Crippen molar-refractivity contribution >= 4 is 24.3 Å². The Hall–Kier alpha value is -3.13. The SMILES string of the molecule is COc1c(/C=C/c2ccccc2)cc(/C=C/c2ccccc2)nc1C(C)(C)C. The molecule has 0 amide bonds. The minimum absolute atomic E-state index is 0.128. The van der Waals surface area contributed by atoms with Gasteiger partial charge in [-0.3, -0.25) is 0 Å². The zero-order valence-electron chi connectivity index (χ0n) is 17.0. The van der Waals surface area contributed by atoms with Gasteiger partial charge in [0.2, 0.25) is 0 Å². The molecule has 0 aliphatic rings. The van der Waals surface area contributed by atoms with E-state index in [-0.39, 0.29) is 5.41 Å². The first-order valence-corrected chi connectivity index (χ1v) is 9.53. The quantitative estimate of drug-likeness (QED) is 0.497. The van der Waals surface area contributed by atoms with Gasteiger partial charge in [-0.05, 0) is 23.3 Å². The lowest BCUT2D eigenvalue weighted by Crippen LogP contribution is -2.16. The molecule has 0 unspecified atom stereocenters. The minimum atomic E-state index is -0.128. The van der Waals surface area contributed by atoms with E-state index < -0.39 is 0 Å². The Bertz CT molecular complexity index is 965. The Kier molecular flexibility index (Phi) is 6.10. The lowest BCUT2D eigenvalue weighted by atomic mass is 9.89. The topological polar surface area (TPSA) is 22.1 Å².